The molecule has 1 aromatic heterocycles. The van der Waals surface area contributed by atoms with Gasteiger partial charge >= 0.3 is 0 Å². The largest absolute Gasteiger partial charge is 0.382 e. The highest BCUT2D eigenvalue weighted by Crippen LogP contribution is 2.27. The molecule has 2 N–H and O–H groups in total. The van der Waals surface area contributed by atoms with E-state index >= 15 is 0 Å². The number of piperazine rings is 1. The highest BCUT2D eigenvalue weighted by molar-refractivity contribution is 7.91. The van der Waals surface area contributed by atoms with Crippen LogP contribution in [-0.2, 0) is 9.84 Å². The van der Waals surface area contributed by atoms with E-state index in [-0.39, 0.29) is 21.4 Å². The summed E-state index contributed by atoms with van der Waals surface area (Å²) in [4.78, 5) is 24.4. The number of anilines is 3. The molecule has 4 rings (SSSR count). The summed E-state index contributed by atoms with van der Waals surface area (Å²) in [5, 5.41) is 0. The number of nitrogen functional groups attached to an aromatic ring is 1. The molecular formula is C23H25N5O3S. The topological polar surface area (TPSA) is 109 Å². The van der Waals surface area contributed by atoms with Crippen LogP contribution in [0.2, 0.25) is 0 Å². The summed E-state index contributed by atoms with van der Waals surface area (Å²) >= 11 is 0. The number of nitrogens with two attached hydrogens (primary N) is 1. The van der Waals surface area contributed by atoms with Crippen LogP contribution in [0.3, 0.4) is 0 Å². The van der Waals surface area contributed by atoms with Gasteiger partial charge in [-0.25, -0.2) is 13.4 Å². The Labute approximate surface area is 187 Å². The third-order valence-electron chi connectivity index (χ3n) is 5.56. The maximum Gasteiger partial charge on any atom is 0.227 e. The molecule has 1 fully saturated rings. The number of nitrogens with zero attached hydrogens (tertiary/aromatic N) is 4. The fourth-order valence-electron chi connectivity index (χ4n) is 3.71. The Kier molecular flexibility index (Phi) is 5.84. The van der Waals surface area contributed by atoms with Crippen molar-refractivity contribution >= 4 is 33.1 Å². The van der Waals surface area contributed by atoms with Gasteiger partial charge in [0.15, 0.2) is 5.78 Å². The van der Waals surface area contributed by atoms with Gasteiger partial charge in [0.25, 0.3) is 0 Å². The SMILES string of the molecule is CC(=O)c1ccc(N2CCN(c3ncc(S(=O)(=O)c4cccc(C)c4)c(N)n3)CC2)cc1. The number of hydrogen-bond donors (Lipinski definition) is 1. The zero-order valence-corrected chi connectivity index (χ0v) is 18.8. The molecule has 3 aromatic rings. The number of Topliss-reactive ketones (excluding diaryl/α,β-unsaturated/α-hetero) is 1. The molecule has 0 unspecified atom stereocenters. The number of benzene rings is 2. The van der Waals surface area contributed by atoms with Crippen molar-refractivity contribution < 1.29 is 13.2 Å². The van der Waals surface area contributed by atoms with E-state index < -0.39 is 9.84 Å². The molecule has 9 heteroatoms. The molecule has 2 heterocycles. The zero-order valence-electron chi connectivity index (χ0n) is 18.0. The van der Waals surface area contributed by atoms with E-state index in [1.165, 1.54) is 12.3 Å². The van der Waals surface area contributed by atoms with Gasteiger partial charge in [0.05, 0.1) is 11.1 Å². The minimum Gasteiger partial charge on any atom is -0.382 e. The number of aryl methyl sites for hydroxylation is 1. The molecule has 1 aliphatic rings. The number of carbonyl (C=O) groups is 1. The first-order valence-corrected chi connectivity index (χ1v) is 11.8. The van der Waals surface area contributed by atoms with Crippen LogP contribution in [0.15, 0.2) is 64.5 Å². The lowest BCUT2D eigenvalue weighted by atomic mass is 10.1. The quantitative estimate of drug-likeness (QED) is 0.590. The lowest BCUT2D eigenvalue weighted by Crippen LogP contribution is -2.47. The summed E-state index contributed by atoms with van der Waals surface area (Å²) in [6.45, 7) is 6.20. The Morgan fingerprint density at radius 3 is 2.25 bits per heavy atom. The second kappa shape index (κ2) is 8.58. The molecule has 0 atom stereocenters. The van der Waals surface area contributed by atoms with E-state index in [1.807, 2.05) is 42.2 Å². The number of rotatable bonds is 5. The summed E-state index contributed by atoms with van der Waals surface area (Å²) in [6.07, 6.45) is 1.29. The summed E-state index contributed by atoms with van der Waals surface area (Å²) in [5.74, 6) is 0.403. The van der Waals surface area contributed by atoms with Crippen molar-refractivity contribution in [3.63, 3.8) is 0 Å². The van der Waals surface area contributed by atoms with Crippen LogP contribution in [0.5, 0.6) is 0 Å². The van der Waals surface area contributed by atoms with Crippen LogP contribution in [0.4, 0.5) is 17.5 Å². The first kappa shape index (κ1) is 21.8. The van der Waals surface area contributed by atoms with E-state index in [0.29, 0.717) is 24.6 Å². The maximum atomic E-state index is 13.0. The van der Waals surface area contributed by atoms with Gasteiger partial charge in [-0.1, -0.05) is 12.1 Å². The van der Waals surface area contributed by atoms with Crippen LogP contribution in [0.25, 0.3) is 0 Å². The Morgan fingerprint density at radius 1 is 1.00 bits per heavy atom. The standard InChI is InChI=1S/C23H25N5O3S/c1-16-4-3-5-20(14-16)32(30,31)21-15-25-23(26-22(21)24)28-12-10-27(11-13-28)19-8-6-18(7-9-19)17(2)29/h3-9,14-15H,10-13H2,1-2H3,(H2,24,25,26). The van der Waals surface area contributed by atoms with Crippen molar-refractivity contribution in [3.8, 4) is 0 Å². The first-order chi connectivity index (χ1) is 15.3. The van der Waals surface area contributed by atoms with Gasteiger partial charge in [-0.05, 0) is 55.8 Å². The minimum absolute atomic E-state index is 0.0453. The smallest absolute Gasteiger partial charge is 0.227 e. The van der Waals surface area contributed by atoms with E-state index in [4.69, 9.17) is 5.73 Å². The molecule has 0 aliphatic carbocycles. The van der Waals surface area contributed by atoms with Gasteiger partial charge in [-0.15, -0.1) is 0 Å². The molecule has 166 valence electrons. The number of aromatic nitrogens is 2. The fourth-order valence-corrected chi connectivity index (χ4v) is 5.08. The highest BCUT2D eigenvalue weighted by atomic mass is 32.2. The molecule has 0 spiro atoms. The van der Waals surface area contributed by atoms with Crippen molar-refractivity contribution in [2.24, 2.45) is 0 Å². The predicted molar refractivity (Wildman–Crippen MR) is 124 cm³/mol. The van der Waals surface area contributed by atoms with Gasteiger partial charge in [-0.3, -0.25) is 4.79 Å². The molecule has 32 heavy (non-hydrogen) atoms. The molecule has 0 bridgehead atoms. The van der Waals surface area contributed by atoms with Gasteiger partial charge < -0.3 is 15.5 Å². The van der Waals surface area contributed by atoms with E-state index in [0.717, 1.165) is 24.3 Å². The van der Waals surface area contributed by atoms with Gasteiger partial charge in [-0.2, -0.15) is 4.98 Å². The molecule has 0 saturated carbocycles. The minimum atomic E-state index is -3.79. The zero-order chi connectivity index (χ0) is 22.9. The monoisotopic (exact) mass is 451 g/mol. The van der Waals surface area contributed by atoms with E-state index in [1.54, 1.807) is 19.1 Å². The van der Waals surface area contributed by atoms with E-state index in [2.05, 4.69) is 14.9 Å². The van der Waals surface area contributed by atoms with Crippen molar-refractivity contribution in [3.05, 3.63) is 65.9 Å². The molecule has 2 aromatic carbocycles. The molecular weight excluding hydrogens is 426 g/mol. The van der Waals surface area contributed by atoms with Crippen LogP contribution in [0, 0.1) is 6.92 Å². The Hall–Kier alpha value is -3.46. The Balaban J connectivity index is 1.48. The lowest BCUT2D eigenvalue weighted by Gasteiger charge is -2.36. The molecule has 1 saturated heterocycles. The van der Waals surface area contributed by atoms with Crippen LogP contribution in [-0.4, -0.2) is 50.3 Å². The maximum absolute atomic E-state index is 13.0. The van der Waals surface area contributed by atoms with Crippen molar-refractivity contribution in [1.29, 1.82) is 0 Å². The molecule has 1 aliphatic heterocycles. The fraction of sp³-hybridized carbons (Fsp3) is 0.261. The summed E-state index contributed by atoms with van der Waals surface area (Å²) in [7, 11) is -3.79. The second-order valence-electron chi connectivity index (χ2n) is 7.82. The summed E-state index contributed by atoms with van der Waals surface area (Å²) < 4.78 is 25.9. The third kappa shape index (κ3) is 4.29. The average Bonchev–Trinajstić information content (AvgIpc) is 2.79. The van der Waals surface area contributed by atoms with Crippen LogP contribution < -0.4 is 15.5 Å². The van der Waals surface area contributed by atoms with Gasteiger partial charge in [0.1, 0.15) is 10.7 Å². The van der Waals surface area contributed by atoms with Gasteiger partial charge in [0.2, 0.25) is 15.8 Å². The highest BCUT2D eigenvalue weighted by Gasteiger charge is 2.25. The Morgan fingerprint density at radius 2 is 1.66 bits per heavy atom. The number of ketones is 1. The van der Waals surface area contributed by atoms with Crippen molar-refractivity contribution in [2.45, 2.75) is 23.6 Å². The third-order valence-corrected chi connectivity index (χ3v) is 7.33. The van der Waals surface area contributed by atoms with Crippen LogP contribution >= 0.6 is 0 Å². The first-order valence-electron chi connectivity index (χ1n) is 10.3. The van der Waals surface area contributed by atoms with E-state index in [9.17, 15) is 13.2 Å². The molecule has 0 amide bonds. The predicted octanol–water partition coefficient (Wildman–Crippen LogP) is 2.73. The normalized spacial score (nSPS) is 14.4. The summed E-state index contributed by atoms with van der Waals surface area (Å²) in [5.41, 5.74) is 8.64. The number of carbonyl (C=O) groups excluding carboxylic acids is 1. The van der Waals surface area contributed by atoms with Crippen LogP contribution in [0.1, 0.15) is 22.8 Å². The van der Waals surface area contributed by atoms with Crippen molar-refractivity contribution in [2.75, 3.05) is 41.7 Å². The second-order valence-corrected chi connectivity index (χ2v) is 9.73. The number of sulfone groups is 1. The lowest BCUT2D eigenvalue weighted by molar-refractivity contribution is 0.101. The Bertz CT molecular complexity index is 1250. The number of hydrogen-bond acceptors (Lipinski definition) is 8. The summed E-state index contributed by atoms with van der Waals surface area (Å²) in [6, 6.07) is 14.2. The van der Waals surface area contributed by atoms with Crippen molar-refractivity contribution in [1.82, 2.24) is 9.97 Å². The molecule has 0 radical (unpaired) electrons. The molecule has 8 nitrogen and oxygen atoms in total. The average molecular weight is 452 g/mol. The van der Waals surface area contributed by atoms with Gasteiger partial charge in [0, 0.05) is 37.4 Å².